The summed E-state index contributed by atoms with van der Waals surface area (Å²) in [6.45, 7) is 11.8. The highest BCUT2D eigenvalue weighted by Gasteiger charge is 2.30. The highest BCUT2D eigenvalue weighted by atomic mass is 31.2. The molecule has 0 aromatic rings. The number of ether oxygens (including phenoxy) is 4. The molecule has 17 nitrogen and oxygen atoms in total. The van der Waals surface area contributed by atoms with Gasteiger partial charge in [-0.05, 0) is 43.4 Å². The van der Waals surface area contributed by atoms with Crippen LogP contribution in [0.2, 0.25) is 0 Å². The highest BCUT2D eigenvalue weighted by Crippen LogP contribution is 2.45. The summed E-state index contributed by atoms with van der Waals surface area (Å²) in [5.74, 6) is 0.0841. The predicted octanol–water partition coefficient (Wildman–Crippen LogP) is 22.2. The Bertz CT molecular complexity index is 1850. The maximum absolute atomic E-state index is 13.1. The molecule has 0 amide bonds. The van der Waals surface area contributed by atoms with Crippen molar-refractivity contribution in [3.8, 4) is 0 Å². The van der Waals surface area contributed by atoms with Crippen LogP contribution in [0, 0.1) is 17.8 Å². The summed E-state index contributed by atoms with van der Waals surface area (Å²) >= 11 is 0. The van der Waals surface area contributed by atoms with Gasteiger partial charge in [0.05, 0.1) is 26.4 Å². The van der Waals surface area contributed by atoms with Gasteiger partial charge < -0.3 is 33.8 Å². The Hall–Kier alpha value is -1.94. The quantitative estimate of drug-likeness (QED) is 0.0222. The molecule has 0 saturated heterocycles. The Morgan fingerprint density at radius 1 is 0.305 bits per heavy atom. The summed E-state index contributed by atoms with van der Waals surface area (Å²) in [5.41, 5.74) is 0. The average molecular weight is 1400 g/mol. The number of aliphatic hydroxyl groups excluding tert-OH is 1. The minimum Gasteiger partial charge on any atom is -0.462 e. The summed E-state index contributed by atoms with van der Waals surface area (Å²) in [5, 5.41) is 10.6. The molecule has 0 spiro atoms. The van der Waals surface area contributed by atoms with Gasteiger partial charge in [-0.3, -0.25) is 37.3 Å². The molecule has 0 aliphatic rings. The molecule has 0 rings (SSSR count). The van der Waals surface area contributed by atoms with Crippen LogP contribution in [0.3, 0.4) is 0 Å². The number of phosphoric acid groups is 2. The van der Waals surface area contributed by atoms with E-state index < -0.39 is 97.5 Å². The lowest BCUT2D eigenvalue weighted by atomic mass is 9.99. The number of hydrogen-bond donors (Lipinski definition) is 3. The maximum atomic E-state index is 13.1. The second-order valence-corrected chi connectivity index (χ2v) is 31.5. The maximum Gasteiger partial charge on any atom is 0.472 e. The Kier molecular flexibility index (Phi) is 65.2. The molecule has 0 saturated carbocycles. The van der Waals surface area contributed by atoms with Gasteiger partial charge in [0.2, 0.25) is 0 Å². The molecule has 564 valence electrons. The van der Waals surface area contributed by atoms with Crippen LogP contribution < -0.4 is 0 Å². The van der Waals surface area contributed by atoms with Crippen molar-refractivity contribution in [2.45, 2.75) is 407 Å². The number of aliphatic hydroxyl groups is 1. The predicted molar refractivity (Wildman–Crippen MR) is 386 cm³/mol. The van der Waals surface area contributed by atoms with Crippen molar-refractivity contribution in [2.75, 3.05) is 39.6 Å². The number of carbonyl (C=O) groups excluding carboxylic acids is 4. The largest absolute Gasteiger partial charge is 0.472 e. The number of carbonyl (C=O) groups is 4. The molecule has 0 fully saturated rings. The van der Waals surface area contributed by atoms with E-state index in [0.29, 0.717) is 31.6 Å². The zero-order valence-electron chi connectivity index (χ0n) is 62.1. The topological polar surface area (TPSA) is 237 Å². The van der Waals surface area contributed by atoms with Crippen LogP contribution in [0.15, 0.2) is 0 Å². The first-order chi connectivity index (χ1) is 45.8. The standard InChI is InChI=1S/C76H148O17P2/c1-8-10-11-12-13-14-15-16-17-18-19-20-21-22-23-24-25-30-36-45-52-59-75(80)92-71(63-86-73(78)57-50-43-35-29-27-26-28-33-40-47-54-67(3)4)65-90-94(82,83)88-61-70(77)62-89-95(84,85)91-66-72(64-87-74(79)58-51-44-39-38-41-48-55-68(5)6)93-76(81)60-53-46-37-32-31-34-42-49-56-69(7)9-2/h67-72,77H,8-66H2,1-7H3,(H,82,83)(H,84,85)/t69?,70-,71-,72-/m1/s1. The van der Waals surface area contributed by atoms with Gasteiger partial charge in [0, 0.05) is 25.7 Å². The number of phosphoric ester groups is 2. The molecule has 0 aromatic heterocycles. The second kappa shape index (κ2) is 66.6. The van der Waals surface area contributed by atoms with Crippen molar-refractivity contribution in [1.29, 1.82) is 0 Å². The van der Waals surface area contributed by atoms with E-state index in [2.05, 4.69) is 48.5 Å². The van der Waals surface area contributed by atoms with Crippen molar-refractivity contribution in [3.05, 3.63) is 0 Å². The molecule has 3 N–H and O–H groups in total. The summed E-state index contributed by atoms with van der Waals surface area (Å²) in [6.07, 6.45) is 53.0. The molecular weight excluding hydrogens is 1250 g/mol. The lowest BCUT2D eigenvalue weighted by Gasteiger charge is -2.21. The number of unbranched alkanes of at least 4 members (excludes halogenated alkanes) is 41. The molecule has 0 aliphatic heterocycles. The van der Waals surface area contributed by atoms with Gasteiger partial charge >= 0.3 is 39.5 Å². The first kappa shape index (κ1) is 93.1. The first-order valence-electron chi connectivity index (χ1n) is 39.4. The molecule has 3 unspecified atom stereocenters. The SMILES string of the molecule is CCCCCCCCCCCCCCCCCCCCCCCC(=O)O[C@H](COC(=O)CCCCCCCCCCCCC(C)C)COP(=O)(O)OC[C@@H](O)COP(=O)(O)OC[C@@H](COC(=O)CCCCCCCCC(C)C)OC(=O)CCCCCCCCCCC(C)CC. The van der Waals surface area contributed by atoms with Gasteiger partial charge in [-0.1, -0.05) is 337 Å². The Balaban J connectivity index is 5.20. The van der Waals surface area contributed by atoms with E-state index in [1.54, 1.807) is 0 Å². The average Bonchev–Trinajstić information content (AvgIpc) is 2.05. The minimum absolute atomic E-state index is 0.104. The Morgan fingerprint density at radius 3 is 0.800 bits per heavy atom. The lowest BCUT2D eigenvalue weighted by molar-refractivity contribution is -0.161. The third kappa shape index (κ3) is 69.0. The molecule has 95 heavy (non-hydrogen) atoms. The van der Waals surface area contributed by atoms with Crippen LogP contribution in [0.5, 0.6) is 0 Å². The van der Waals surface area contributed by atoms with E-state index in [1.165, 1.54) is 193 Å². The van der Waals surface area contributed by atoms with E-state index >= 15 is 0 Å². The fourth-order valence-corrected chi connectivity index (χ4v) is 13.1. The van der Waals surface area contributed by atoms with E-state index in [9.17, 15) is 43.2 Å². The van der Waals surface area contributed by atoms with Crippen LogP contribution in [-0.4, -0.2) is 96.7 Å². The molecule has 0 radical (unpaired) electrons. The Labute approximate surface area is 581 Å². The van der Waals surface area contributed by atoms with Gasteiger partial charge in [-0.2, -0.15) is 0 Å². The fraction of sp³-hybridized carbons (Fsp3) is 0.947. The second-order valence-electron chi connectivity index (χ2n) is 28.6. The molecule has 0 aliphatic carbocycles. The molecule has 6 atom stereocenters. The number of esters is 4. The van der Waals surface area contributed by atoms with E-state index in [1.807, 2.05) is 0 Å². The fourth-order valence-electron chi connectivity index (χ4n) is 11.6. The molecule has 0 heterocycles. The van der Waals surface area contributed by atoms with Crippen molar-refractivity contribution in [3.63, 3.8) is 0 Å². The summed E-state index contributed by atoms with van der Waals surface area (Å²) in [6, 6.07) is 0. The van der Waals surface area contributed by atoms with Crippen LogP contribution >= 0.6 is 15.6 Å². The van der Waals surface area contributed by atoms with Crippen LogP contribution in [0.1, 0.15) is 389 Å². The normalized spacial score (nSPS) is 14.4. The van der Waals surface area contributed by atoms with Gasteiger partial charge in [0.15, 0.2) is 12.2 Å². The zero-order valence-corrected chi connectivity index (χ0v) is 63.9. The van der Waals surface area contributed by atoms with Crippen LogP contribution in [0.25, 0.3) is 0 Å². The van der Waals surface area contributed by atoms with Gasteiger partial charge in [-0.15, -0.1) is 0 Å². The smallest absolute Gasteiger partial charge is 0.462 e. The highest BCUT2D eigenvalue weighted by molar-refractivity contribution is 7.47. The van der Waals surface area contributed by atoms with Gasteiger partial charge in [0.25, 0.3) is 0 Å². The number of rotatable bonds is 74. The van der Waals surface area contributed by atoms with Gasteiger partial charge in [-0.25, -0.2) is 9.13 Å². The third-order valence-electron chi connectivity index (χ3n) is 18.0. The first-order valence-corrected chi connectivity index (χ1v) is 42.4. The van der Waals surface area contributed by atoms with Crippen molar-refractivity contribution in [2.24, 2.45) is 17.8 Å². The summed E-state index contributed by atoms with van der Waals surface area (Å²) < 4.78 is 68.5. The van der Waals surface area contributed by atoms with E-state index in [0.717, 1.165) is 108 Å². The lowest BCUT2D eigenvalue weighted by Crippen LogP contribution is -2.30. The monoisotopic (exact) mass is 1400 g/mol. The third-order valence-corrected chi connectivity index (χ3v) is 19.9. The molecule has 0 aromatic carbocycles. The van der Waals surface area contributed by atoms with E-state index in [4.69, 9.17) is 37.0 Å². The summed E-state index contributed by atoms with van der Waals surface area (Å²) in [7, 11) is -9.91. The van der Waals surface area contributed by atoms with Crippen molar-refractivity contribution in [1.82, 2.24) is 0 Å². The molecule has 0 bridgehead atoms. The van der Waals surface area contributed by atoms with Crippen molar-refractivity contribution >= 4 is 39.5 Å². The minimum atomic E-state index is -4.96. The van der Waals surface area contributed by atoms with Crippen LogP contribution in [0.4, 0.5) is 0 Å². The zero-order chi connectivity index (χ0) is 70.1. The summed E-state index contributed by atoms with van der Waals surface area (Å²) in [4.78, 5) is 72.7. The Morgan fingerprint density at radius 2 is 0.537 bits per heavy atom. The van der Waals surface area contributed by atoms with E-state index in [-0.39, 0.29) is 25.7 Å². The molecular formula is C76H148O17P2. The molecule has 19 heteroatoms. The van der Waals surface area contributed by atoms with Gasteiger partial charge in [0.1, 0.15) is 19.3 Å². The van der Waals surface area contributed by atoms with Crippen molar-refractivity contribution < 1.29 is 80.2 Å². The number of hydrogen-bond acceptors (Lipinski definition) is 15. The van der Waals surface area contributed by atoms with Crippen LogP contribution in [-0.2, 0) is 65.4 Å².